The Morgan fingerprint density at radius 1 is 1.03 bits per heavy atom. The van der Waals surface area contributed by atoms with Crippen LogP contribution in [0.1, 0.15) is 64.1 Å². The summed E-state index contributed by atoms with van der Waals surface area (Å²) in [6, 6.07) is 15.5. The highest BCUT2D eigenvalue weighted by Crippen LogP contribution is 2.29. The predicted octanol–water partition coefficient (Wildman–Crippen LogP) is 5.86. The Labute approximate surface area is 199 Å². The maximum atomic E-state index is 12.7. The summed E-state index contributed by atoms with van der Waals surface area (Å²) in [6.07, 6.45) is -0.326. The number of methoxy groups -OCH3 is 1. The first-order chi connectivity index (χ1) is 15.8. The molecule has 0 radical (unpaired) electrons. The van der Waals surface area contributed by atoms with Gasteiger partial charge in [0.05, 0.1) is 12.9 Å². The molecule has 1 aromatic heterocycles. The molecular weight excluding hydrogens is 436 g/mol. The summed E-state index contributed by atoms with van der Waals surface area (Å²) in [6.45, 7) is 10.3. The first kappa shape index (κ1) is 24.6. The van der Waals surface area contributed by atoms with Crippen molar-refractivity contribution in [3.63, 3.8) is 0 Å². The normalized spacial score (nSPS) is 12.1. The summed E-state index contributed by atoms with van der Waals surface area (Å²) in [4.78, 5) is 12.7. The van der Waals surface area contributed by atoms with E-state index in [-0.39, 0.29) is 23.8 Å². The number of hydrogen-bond acceptors (Lipinski definition) is 6. The number of ether oxygens (including phenoxy) is 2. The molecule has 0 saturated heterocycles. The van der Waals surface area contributed by atoms with Crippen molar-refractivity contribution >= 4 is 23.4 Å². The van der Waals surface area contributed by atoms with Crippen molar-refractivity contribution in [1.82, 2.24) is 14.8 Å². The molecule has 0 spiro atoms. The van der Waals surface area contributed by atoms with Crippen LogP contribution >= 0.6 is 11.8 Å². The molecule has 1 N–H and O–H groups in total. The maximum Gasteiger partial charge on any atom is 0.234 e. The van der Waals surface area contributed by atoms with Gasteiger partial charge in [-0.15, -0.1) is 10.2 Å². The number of benzene rings is 2. The van der Waals surface area contributed by atoms with E-state index < -0.39 is 0 Å². The van der Waals surface area contributed by atoms with E-state index in [2.05, 4.69) is 43.2 Å². The maximum absolute atomic E-state index is 12.7. The monoisotopic (exact) mass is 468 g/mol. The minimum atomic E-state index is -0.326. The molecule has 0 aliphatic heterocycles. The average Bonchev–Trinajstić information content (AvgIpc) is 3.22. The molecule has 176 valence electrons. The van der Waals surface area contributed by atoms with Crippen molar-refractivity contribution in [3.05, 3.63) is 59.9 Å². The van der Waals surface area contributed by atoms with Crippen molar-refractivity contribution in [1.29, 1.82) is 0 Å². The second-order valence-electron chi connectivity index (χ2n) is 8.32. The molecule has 0 aliphatic rings. The summed E-state index contributed by atoms with van der Waals surface area (Å²) in [5.74, 6) is 2.62. The lowest BCUT2D eigenvalue weighted by molar-refractivity contribution is -0.113. The van der Waals surface area contributed by atoms with E-state index in [1.165, 1.54) is 11.8 Å². The van der Waals surface area contributed by atoms with Crippen LogP contribution in [0.4, 0.5) is 5.69 Å². The van der Waals surface area contributed by atoms with Crippen LogP contribution < -0.4 is 14.8 Å². The van der Waals surface area contributed by atoms with Crippen molar-refractivity contribution in [2.45, 2.75) is 57.8 Å². The number of thioether (sulfide) groups is 1. The fourth-order valence-corrected chi connectivity index (χ4v) is 4.39. The Hall–Kier alpha value is -3.00. The molecule has 3 rings (SSSR count). The molecule has 8 heteroatoms. The summed E-state index contributed by atoms with van der Waals surface area (Å²) in [5.41, 5.74) is 1.97. The summed E-state index contributed by atoms with van der Waals surface area (Å²) in [7, 11) is 1.62. The third-order valence-corrected chi connectivity index (χ3v) is 6.06. The Bertz CT molecular complexity index is 1080. The van der Waals surface area contributed by atoms with Gasteiger partial charge in [0.25, 0.3) is 0 Å². The van der Waals surface area contributed by atoms with Crippen LogP contribution in [0.3, 0.4) is 0 Å². The third kappa shape index (κ3) is 6.28. The van der Waals surface area contributed by atoms with Gasteiger partial charge in [-0.25, -0.2) is 0 Å². The lowest BCUT2D eigenvalue weighted by Crippen LogP contribution is -2.17. The number of rotatable bonds is 10. The molecule has 7 nitrogen and oxygen atoms in total. The lowest BCUT2D eigenvalue weighted by atomic mass is 10.0. The number of nitrogens with zero attached hydrogens (tertiary/aromatic N) is 3. The van der Waals surface area contributed by atoms with E-state index in [0.717, 1.165) is 17.0 Å². The van der Waals surface area contributed by atoms with Crippen LogP contribution in [0, 0.1) is 0 Å². The smallest absolute Gasteiger partial charge is 0.234 e. The van der Waals surface area contributed by atoms with Gasteiger partial charge in [-0.05, 0) is 50.5 Å². The number of carbonyl (C=O) groups excluding carboxylic acids is 1. The molecule has 33 heavy (non-hydrogen) atoms. The van der Waals surface area contributed by atoms with E-state index >= 15 is 0 Å². The average molecular weight is 469 g/mol. The van der Waals surface area contributed by atoms with Crippen LogP contribution in [0.15, 0.2) is 53.7 Å². The van der Waals surface area contributed by atoms with Crippen molar-refractivity contribution in [2.75, 3.05) is 18.2 Å². The highest BCUT2D eigenvalue weighted by atomic mass is 32.2. The summed E-state index contributed by atoms with van der Waals surface area (Å²) >= 11 is 1.37. The van der Waals surface area contributed by atoms with Gasteiger partial charge < -0.3 is 19.4 Å². The predicted molar refractivity (Wildman–Crippen MR) is 132 cm³/mol. The van der Waals surface area contributed by atoms with E-state index in [1.807, 2.05) is 60.0 Å². The number of nitrogens with one attached hydrogen (secondary N) is 1. The standard InChI is InChI=1S/C25H32N4O3S/c1-16(2)21-12-7-8-13-22(21)26-23(30)15-33-25-28-27-24(29(25)17(3)4)18(5)32-20-11-9-10-19(14-20)31-6/h7-14,16-18H,15H2,1-6H3,(H,26,30). The van der Waals surface area contributed by atoms with Gasteiger partial charge in [0, 0.05) is 17.8 Å². The molecule has 1 atom stereocenters. The minimum Gasteiger partial charge on any atom is -0.497 e. The fraction of sp³-hybridized carbons (Fsp3) is 0.400. The zero-order valence-corrected chi connectivity index (χ0v) is 20.8. The number of anilines is 1. The Balaban J connectivity index is 1.70. The van der Waals surface area contributed by atoms with Gasteiger partial charge in [-0.1, -0.05) is 49.9 Å². The molecule has 1 amide bonds. The zero-order chi connectivity index (χ0) is 24.0. The first-order valence-electron chi connectivity index (χ1n) is 11.1. The molecule has 0 saturated carbocycles. The summed E-state index contributed by atoms with van der Waals surface area (Å²) < 4.78 is 13.4. The van der Waals surface area contributed by atoms with E-state index in [0.29, 0.717) is 22.6 Å². The molecule has 1 heterocycles. The minimum absolute atomic E-state index is 0.0753. The molecule has 0 bridgehead atoms. The zero-order valence-electron chi connectivity index (χ0n) is 20.0. The lowest BCUT2D eigenvalue weighted by Gasteiger charge is -2.19. The Morgan fingerprint density at radius 2 is 1.76 bits per heavy atom. The van der Waals surface area contributed by atoms with Crippen LogP contribution in [0.25, 0.3) is 0 Å². The van der Waals surface area contributed by atoms with Crippen molar-refractivity contribution < 1.29 is 14.3 Å². The largest absolute Gasteiger partial charge is 0.497 e. The first-order valence-corrected chi connectivity index (χ1v) is 12.1. The topological polar surface area (TPSA) is 78.3 Å². The van der Waals surface area contributed by atoms with Gasteiger partial charge >= 0.3 is 0 Å². The highest BCUT2D eigenvalue weighted by molar-refractivity contribution is 7.99. The second-order valence-corrected chi connectivity index (χ2v) is 9.26. The van der Waals surface area contributed by atoms with Crippen molar-refractivity contribution in [2.24, 2.45) is 0 Å². The molecule has 0 fully saturated rings. The van der Waals surface area contributed by atoms with Crippen LogP contribution in [0.5, 0.6) is 11.5 Å². The van der Waals surface area contributed by atoms with Crippen LogP contribution in [-0.4, -0.2) is 33.5 Å². The molecule has 3 aromatic rings. The van der Waals surface area contributed by atoms with Crippen molar-refractivity contribution in [3.8, 4) is 11.5 Å². The summed E-state index contributed by atoms with van der Waals surface area (Å²) in [5, 5.41) is 12.4. The molecule has 1 unspecified atom stereocenters. The van der Waals surface area contributed by atoms with Crippen LogP contribution in [-0.2, 0) is 4.79 Å². The molecule has 0 aliphatic carbocycles. The van der Waals surface area contributed by atoms with Crippen LogP contribution in [0.2, 0.25) is 0 Å². The second kappa shape index (κ2) is 11.2. The van der Waals surface area contributed by atoms with E-state index in [9.17, 15) is 4.79 Å². The fourth-order valence-electron chi connectivity index (χ4n) is 3.51. The van der Waals surface area contributed by atoms with Gasteiger partial charge in [0.15, 0.2) is 17.1 Å². The molecular formula is C25H32N4O3S. The van der Waals surface area contributed by atoms with E-state index in [4.69, 9.17) is 9.47 Å². The SMILES string of the molecule is COc1cccc(OC(C)c2nnc(SCC(=O)Nc3ccccc3C(C)C)n2C(C)C)c1. The number of carbonyl (C=O) groups is 1. The number of hydrogen-bond donors (Lipinski definition) is 1. The Morgan fingerprint density at radius 3 is 2.45 bits per heavy atom. The van der Waals surface area contributed by atoms with Gasteiger partial charge in [0.1, 0.15) is 11.5 Å². The van der Waals surface area contributed by atoms with Gasteiger partial charge in [0.2, 0.25) is 5.91 Å². The number of para-hydroxylation sites is 1. The van der Waals surface area contributed by atoms with E-state index in [1.54, 1.807) is 7.11 Å². The quantitative estimate of drug-likeness (QED) is 0.375. The highest BCUT2D eigenvalue weighted by Gasteiger charge is 2.22. The number of aromatic nitrogens is 3. The third-order valence-electron chi connectivity index (χ3n) is 5.11. The Kier molecular flexibility index (Phi) is 8.38. The van der Waals surface area contributed by atoms with Gasteiger partial charge in [-0.2, -0.15) is 0 Å². The molecule has 2 aromatic carbocycles. The number of amides is 1. The van der Waals surface area contributed by atoms with Gasteiger partial charge in [-0.3, -0.25) is 4.79 Å².